The van der Waals surface area contributed by atoms with Gasteiger partial charge in [-0.2, -0.15) is 11.8 Å². The van der Waals surface area contributed by atoms with Crippen LogP contribution in [0.1, 0.15) is 52.3 Å². The van der Waals surface area contributed by atoms with E-state index < -0.39 is 5.60 Å². The lowest BCUT2D eigenvalue weighted by atomic mass is 10.0. The number of nitrogens with zero attached hydrogens (tertiary/aromatic N) is 2. The fourth-order valence-electron chi connectivity index (χ4n) is 2.61. The number of ether oxygens (including phenoxy) is 1. The SMILES string of the molecule is C[C@H](NC(=O)OC(C)(C)C)c1cncn1CC1CCSCC1. The zero-order valence-corrected chi connectivity index (χ0v) is 14.8. The zero-order valence-electron chi connectivity index (χ0n) is 14.0. The maximum atomic E-state index is 11.9. The van der Waals surface area contributed by atoms with E-state index in [9.17, 15) is 4.79 Å². The van der Waals surface area contributed by atoms with Crippen molar-refractivity contribution < 1.29 is 9.53 Å². The largest absolute Gasteiger partial charge is 0.444 e. The first kappa shape index (κ1) is 17.2. The van der Waals surface area contributed by atoms with Crippen LogP contribution in [0.3, 0.4) is 0 Å². The van der Waals surface area contributed by atoms with Crippen LogP contribution in [0.25, 0.3) is 0 Å². The molecule has 0 spiro atoms. The minimum Gasteiger partial charge on any atom is -0.444 e. The second kappa shape index (κ2) is 7.40. The minimum atomic E-state index is -0.482. The average Bonchev–Trinajstić information content (AvgIpc) is 2.85. The first-order valence-electron chi connectivity index (χ1n) is 7.92. The van der Waals surface area contributed by atoms with Gasteiger partial charge in [0.2, 0.25) is 0 Å². The molecular weight excluding hydrogens is 298 g/mol. The maximum Gasteiger partial charge on any atom is 0.408 e. The van der Waals surface area contributed by atoms with Crippen LogP contribution in [-0.2, 0) is 11.3 Å². The lowest BCUT2D eigenvalue weighted by molar-refractivity contribution is 0.0506. The van der Waals surface area contributed by atoms with Crippen LogP contribution in [0.4, 0.5) is 4.79 Å². The van der Waals surface area contributed by atoms with Gasteiger partial charge in [0, 0.05) is 6.54 Å². The van der Waals surface area contributed by atoms with Crippen LogP contribution in [0.2, 0.25) is 0 Å². The smallest absolute Gasteiger partial charge is 0.408 e. The van der Waals surface area contributed by atoms with Gasteiger partial charge in [0.1, 0.15) is 5.60 Å². The van der Waals surface area contributed by atoms with Crippen molar-refractivity contribution in [2.45, 2.75) is 58.7 Å². The minimum absolute atomic E-state index is 0.115. The predicted octanol–water partition coefficient (Wildman–Crippen LogP) is 3.61. The number of thioether (sulfide) groups is 1. The van der Waals surface area contributed by atoms with Crippen LogP contribution in [0, 0.1) is 5.92 Å². The third kappa shape index (κ3) is 5.23. The second-order valence-corrected chi connectivity index (χ2v) is 8.12. The van der Waals surface area contributed by atoms with E-state index in [-0.39, 0.29) is 12.1 Å². The number of alkyl carbamates (subject to hydrolysis) is 1. The Balaban J connectivity index is 1.94. The Bertz CT molecular complexity index is 490. The zero-order chi connectivity index (χ0) is 16.2. The predicted molar refractivity (Wildman–Crippen MR) is 90.1 cm³/mol. The Morgan fingerprint density at radius 3 is 2.82 bits per heavy atom. The number of hydrogen-bond donors (Lipinski definition) is 1. The molecular formula is C16H27N3O2S. The van der Waals surface area contributed by atoms with Gasteiger partial charge >= 0.3 is 6.09 Å². The van der Waals surface area contributed by atoms with Crippen molar-refractivity contribution in [2.24, 2.45) is 5.92 Å². The van der Waals surface area contributed by atoms with Crippen molar-refractivity contribution in [3.8, 4) is 0 Å². The molecule has 1 atom stereocenters. The summed E-state index contributed by atoms with van der Waals surface area (Å²) in [7, 11) is 0. The Morgan fingerprint density at radius 1 is 1.50 bits per heavy atom. The molecule has 0 bridgehead atoms. The van der Waals surface area contributed by atoms with Gasteiger partial charge in [-0.15, -0.1) is 0 Å². The average molecular weight is 325 g/mol. The Hall–Kier alpha value is -1.17. The van der Waals surface area contributed by atoms with Crippen molar-refractivity contribution >= 4 is 17.9 Å². The molecule has 1 saturated heterocycles. The summed E-state index contributed by atoms with van der Waals surface area (Å²) in [5, 5.41) is 2.89. The van der Waals surface area contributed by atoms with Gasteiger partial charge in [0.25, 0.3) is 0 Å². The van der Waals surface area contributed by atoms with Gasteiger partial charge in [0.15, 0.2) is 0 Å². The van der Waals surface area contributed by atoms with Gasteiger partial charge in [0.05, 0.1) is 24.3 Å². The molecule has 1 aromatic heterocycles. The fourth-order valence-corrected chi connectivity index (χ4v) is 3.81. The third-order valence-electron chi connectivity index (χ3n) is 3.72. The van der Waals surface area contributed by atoms with Crippen molar-refractivity contribution in [1.29, 1.82) is 0 Å². The second-order valence-electron chi connectivity index (χ2n) is 6.89. The first-order valence-corrected chi connectivity index (χ1v) is 9.08. The van der Waals surface area contributed by atoms with E-state index in [1.54, 1.807) is 0 Å². The number of imidazole rings is 1. The molecule has 2 rings (SSSR count). The Kier molecular flexibility index (Phi) is 5.78. The number of aromatic nitrogens is 2. The van der Waals surface area contributed by atoms with Gasteiger partial charge in [-0.25, -0.2) is 9.78 Å². The first-order chi connectivity index (χ1) is 10.3. The van der Waals surface area contributed by atoms with Crippen LogP contribution in [-0.4, -0.2) is 32.8 Å². The highest BCUT2D eigenvalue weighted by Crippen LogP contribution is 2.25. The normalized spacial score (nSPS) is 18.0. The lowest BCUT2D eigenvalue weighted by Crippen LogP contribution is -2.34. The highest BCUT2D eigenvalue weighted by molar-refractivity contribution is 7.99. The molecule has 1 N–H and O–H groups in total. The van der Waals surface area contributed by atoms with Crippen molar-refractivity contribution in [3.63, 3.8) is 0 Å². The van der Waals surface area contributed by atoms with E-state index in [1.165, 1.54) is 24.3 Å². The monoisotopic (exact) mass is 325 g/mol. The number of rotatable bonds is 4. The Labute approximate surface area is 137 Å². The molecule has 5 nitrogen and oxygen atoms in total. The number of carbonyl (C=O) groups is 1. The summed E-state index contributed by atoms with van der Waals surface area (Å²) in [6.45, 7) is 8.54. The van der Waals surface area contributed by atoms with Crippen LogP contribution < -0.4 is 5.32 Å². The quantitative estimate of drug-likeness (QED) is 0.919. The fraction of sp³-hybridized carbons (Fsp3) is 0.750. The van der Waals surface area contributed by atoms with Gasteiger partial charge in [-0.3, -0.25) is 0 Å². The molecule has 0 saturated carbocycles. The molecule has 22 heavy (non-hydrogen) atoms. The molecule has 124 valence electrons. The van der Waals surface area contributed by atoms with Gasteiger partial charge in [-0.05, 0) is 58.0 Å². The molecule has 1 amide bonds. The molecule has 2 heterocycles. The molecule has 1 fully saturated rings. The van der Waals surface area contributed by atoms with E-state index >= 15 is 0 Å². The Morgan fingerprint density at radius 2 is 2.18 bits per heavy atom. The highest BCUT2D eigenvalue weighted by atomic mass is 32.2. The standard InChI is InChI=1S/C16H27N3O2S/c1-12(18-15(20)21-16(2,3)4)14-9-17-11-19(14)10-13-5-7-22-8-6-13/h9,11-13H,5-8,10H2,1-4H3,(H,18,20)/t12-/m0/s1. The lowest BCUT2D eigenvalue weighted by Gasteiger charge is -2.25. The van der Waals surface area contributed by atoms with E-state index in [4.69, 9.17) is 4.74 Å². The van der Waals surface area contributed by atoms with E-state index in [0.29, 0.717) is 5.92 Å². The number of carbonyl (C=O) groups excluding carboxylic acids is 1. The number of hydrogen-bond acceptors (Lipinski definition) is 4. The third-order valence-corrected chi connectivity index (χ3v) is 4.77. The van der Waals surface area contributed by atoms with Crippen molar-refractivity contribution in [3.05, 3.63) is 18.2 Å². The number of amides is 1. The summed E-state index contributed by atoms with van der Waals surface area (Å²) in [4.78, 5) is 16.2. The molecule has 1 aromatic rings. The van der Waals surface area contributed by atoms with E-state index in [1.807, 2.05) is 52.0 Å². The summed E-state index contributed by atoms with van der Waals surface area (Å²) in [5.41, 5.74) is 0.549. The molecule has 6 heteroatoms. The van der Waals surface area contributed by atoms with E-state index in [0.717, 1.165) is 12.2 Å². The summed E-state index contributed by atoms with van der Waals surface area (Å²) in [6, 6.07) is -0.115. The van der Waals surface area contributed by atoms with Crippen LogP contribution >= 0.6 is 11.8 Å². The van der Waals surface area contributed by atoms with E-state index in [2.05, 4.69) is 14.9 Å². The molecule has 0 aromatic carbocycles. The molecule has 1 aliphatic heterocycles. The van der Waals surface area contributed by atoms with Crippen LogP contribution in [0.15, 0.2) is 12.5 Å². The number of nitrogens with one attached hydrogen (secondary N) is 1. The van der Waals surface area contributed by atoms with Gasteiger partial charge in [-0.1, -0.05) is 0 Å². The summed E-state index contributed by atoms with van der Waals surface area (Å²) in [5.74, 6) is 3.21. The highest BCUT2D eigenvalue weighted by Gasteiger charge is 2.21. The topological polar surface area (TPSA) is 56.1 Å². The summed E-state index contributed by atoms with van der Waals surface area (Å²) >= 11 is 2.04. The molecule has 0 unspecified atom stereocenters. The summed E-state index contributed by atoms with van der Waals surface area (Å²) < 4.78 is 7.48. The van der Waals surface area contributed by atoms with Crippen molar-refractivity contribution in [2.75, 3.05) is 11.5 Å². The molecule has 0 aliphatic carbocycles. The van der Waals surface area contributed by atoms with Crippen LogP contribution in [0.5, 0.6) is 0 Å². The molecule has 0 radical (unpaired) electrons. The molecule has 1 aliphatic rings. The summed E-state index contributed by atoms with van der Waals surface area (Å²) in [6.07, 6.45) is 5.83. The maximum absolute atomic E-state index is 11.9. The van der Waals surface area contributed by atoms with Crippen molar-refractivity contribution in [1.82, 2.24) is 14.9 Å². The van der Waals surface area contributed by atoms with Gasteiger partial charge < -0.3 is 14.6 Å².